The van der Waals surface area contributed by atoms with Gasteiger partial charge in [-0.3, -0.25) is 0 Å². The molecule has 0 saturated carbocycles. The molecule has 0 aliphatic heterocycles. The molecule has 1 aromatic heterocycles. The summed E-state index contributed by atoms with van der Waals surface area (Å²) in [5.41, 5.74) is 1.58. The molecule has 114 valence electrons. The second kappa shape index (κ2) is 7.52. The molecule has 0 aliphatic carbocycles. The zero-order valence-corrected chi connectivity index (χ0v) is 13.6. The molecular weight excluding hydrogens is 285 g/mol. The van der Waals surface area contributed by atoms with E-state index in [2.05, 4.69) is 24.1 Å². The Morgan fingerprint density at radius 2 is 2.10 bits per heavy atom. The lowest BCUT2D eigenvalue weighted by atomic mass is 10.2. The Hall–Kier alpha value is -1.46. The van der Waals surface area contributed by atoms with Gasteiger partial charge in [0, 0.05) is 18.5 Å². The molecule has 21 heavy (non-hydrogen) atoms. The fraction of sp³-hybridized carbons (Fsp3) is 0.438. The maximum Gasteiger partial charge on any atom is 0.190 e. The van der Waals surface area contributed by atoms with E-state index >= 15 is 0 Å². The van der Waals surface area contributed by atoms with Gasteiger partial charge >= 0.3 is 0 Å². The first-order valence-corrected chi connectivity index (χ1v) is 8.17. The smallest absolute Gasteiger partial charge is 0.190 e. The van der Waals surface area contributed by atoms with E-state index in [9.17, 15) is 4.39 Å². The van der Waals surface area contributed by atoms with E-state index in [4.69, 9.17) is 0 Å². The molecule has 0 spiro atoms. The fourth-order valence-corrected chi connectivity index (χ4v) is 2.97. The molecular formula is C16H22FN3S. The first-order valence-electron chi connectivity index (χ1n) is 7.29. The van der Waals surface area contributed by atoms with Gasteiger partial charge in [-0.1, -0.05) is 26.0 Å². The van der Waals surface area contributed by atoms with E-state index in [-0.39, 0.29) is 5.82 Å². The molecule has 0 amide bonds. The van der Waals surface area contributed by atoms with Gasteiger partial charge in [0.25, 0.3) is 0 Å². The Labute approximate surface area is 129 Å². The highest BCUT2D eigenvalue weighted by Crippen LogP contribution is 2.30. The summed E-state index contributed by atoms with van der Waals surface area (Å²) in [6.45, 7) is 8.77. The molecule has 0 bridgehead atoms. The van der Waals surface area contributed by atoms with Crippen molar-refractivity contribution in [3.63, 3.8) is 0 Å². The maximum atomic E-state index is 13.9. The number of thiazole rings is 1. The van der Waals surface area contributed by atoms with Crippen LogP contribution in [-0.2, 0) is 6.54 Å². The predicted molar refractivity (Wildman–Crippen MR) is 87.7 cm³/mol. The Morgan fingerprint density at radius 3 is 2.76 bits per heavy atom. The summed E-state index contributed by atoms with van der Waals surface area (Å²) >= 11 is 1.55. The molecule has 2 aromatic rings. The summed E-state index contributed by atoms with van der Waals surface area (Å²) in [5, 5.41) is 6.24. The van der Waals surface area contributed by atoms with Crippen LogP contribution in [0.2, 0.25) is 0 Å². The van der Waals surface area contributed by atoms with Gasteiger partial charge in [0.2, 0.25) is 0 Å². The SMILES string of the molecule is CCN(c1nc(CNCC(C)C)cs1)c1ccccc1F. The van der Waals surface area contributed by atoms with E-state index in [1.165, 1.54) is 6.07 Å². The Kier molecular flexibility index (Phi) is 5.70. The van der Waals surface area contributed by atoms with Gasteiger partial charge in [-0.2, -0.15) is 0 Å². The molecule has 5 heteroatoms. The van der Waals surface area contributed by atoms with Crippen LogP contribution in [0.15, 0.2) is 29.6 Å². The lowest BCUT2D eigenvalue weighted by molar-refractivity contribution is 0.549. The number of halogens is 1. The average molecular weight is 307 g/mol. The number of anilines is 2. The van der Waals surface area contributed by atoms with Gasteiger partial charge in [0.1, 0.15) is 5.82 Å². The Balaban J connectivity index is 2.09. The number of nitrogens with zero attached hydrogens (tertiary/aromatic N) is 2. The number of nitrogens with one attached hydrogen (secondary N) is 1. The van der Waals surface area contributed by atoms with Gasteiger partial charge < -0.3 is 10.2 Å². The van der Waals surface area contributed by atoms with Gasteiger partial charge in [-0.05, 0) is 31.5 Å². The average Bonchev–Trinajstić information content (AvgIpc) is 2.90. The van der Waals surface area contributed by atoms with E-state index in [0.29, 0.717) is 18.2 Å². The summed E-state index contributed by atoms with van der Waals surface area (Å²) in [7, 11) is 0. The number of rotatable bonds is 7. The highest BCUT2D eigenvalue weighted by atomic mass is 32.1. The molecule has 2 rings (SSSR count). The normalized spacial score (nSPS) is 11.1. The lowest BCUT2D eigenvalue weighted by Gasteiger charge is -2.20. The molecule has 0 aliphatic rings. The highest BCUT2D eigenvalue weighted by Gasteiger charge is 2.14. The quantitative estimate of drug-likeness (QED) is 0.831. The molecule has 1 heterocycles. The molecule has 0 atom stereocenters. The zero-order valence-electron chi connectivity index (χ0n) is 12.8. The second-order valence-corrected chi connectivity index (χ2v) is 6.18. The fourth-order valence-electron chi connectivity index (χ4n) is 2.07. The van der Waals surface area contributed by atoms with Crippen molar-refractivity contribution in [1.82, 2.24) is 10.3 Å². The van der Waals surface area contributed by atoms with Crippen LogP contribution in [0.25, 0.3) is 0 Å². The molecule has 3 nitrogen and oxygen atoms in total. The maximum absolute atomic E-state index is 13.9. The Morgan fingerprint density at radius 1 is 1.33 bits per heavy atom. The molecule has 0 saturated heterocycles. The standard InChI is InChI=1S/C16H22FN3S/c1-4-20(15-8-6-5-7-14(15)17)16-19-13(11-21-16)10-18-9-12(2)3/h5-8,11-12,18H,4,9-10H2,1-3H3. The number of para-hydroxylation sites is 1. The lowest BCUT2D eigenvalue weighted by Crippen LogP contribution is -2.20. The van der Waals surface area contributed by atoms with Crippen LogP contribution in [-0.4, -0.2) is 18.1 Å². The van der Waals surface area contributed by atoms with Crippen molar-refractivity contribution in [3.8, 4) is 0 Å². The first-order chi connectivity index (χ1) is 10.1. The van der Waals surface area contributed by atoms with Gasteiger partial charge in [0.15, 0.2) is 5.13 Å². The van der Waals surface area contributed by atoms with E-state index < -0.39 is 0 Å². The largest absolute Gasteiger partial charge is 0.315 e. The van der Waals surface area contributed by atoms with Crippen molar-refractivity contribution in [2.24, 2.45) is 5.92 Å². The van der Waals surface area contributed by atoms with Gasteiger partial charge in [-0.25, -0.2) is 9.37 Å². The van der Waals surface area contributed by atoms with Crippen molar-refractivity contribution in [2.75, 3.05) is 18.0 Å². The molecule has 1 aromatic carbocycles. The van der Waals surface area contributed by atoms with Gasteiger partial charge in [0.05, 0.1) is 11.4 Å². The van der Waals surface area contributed by atoms with Crippen LogP contribution in [0.4, 0.5) is 15.2 Å². The van der Waals surface area contributed by atoms with Crippen LogP contribution in [0, 0.1) is 11.7 Å². The van der Waals surface area contributed by atoms with Crippen molar-refractivity contribution in [1.29, 1.82) is 0 Å². The minimum Gasteiger partial charge on any atom is -0.315 e. The number of aromatic nitrogens is 1. The summed E-state index contributed by atoms with van der Waals surface area (Å²) in [6, 6.07) is 6.82. The third kappa shape index (κ3) is 4.25. The van der Waals surface area contributed by atoms with Crippen molar-refractivity contribution in [3.05, 3.63) is 41.2 Å². The highest BCUT2D eigenvalue weighted by molar-refractivity contribution is 7.13. The number of hydrogen-bond acceptors (Lipinski definition) is 4. The first kappa shape index (κ1) is 15.9. The topological polar surface area (TPSA) is 28.2 Å². The zero-order chi connectivity index (χ0) is 15.2. The Bertz CT molecular complexity index is 568. The summed E-state index contributed by atoms with van der Waals surface area (Å²) in [6.07, 6.45) is 0. The van der Waals surface area contributed by atoms with Crippen LogP contribution in [0.3, 0.4) is 0 Å². The van der Waals surface area contributed by atoms with Crippen LogP contribution >= 0.6 is 11.3 Å². The minimum absolute atomic E-state index is 0.214. The summed E-state index contributed by atoms with van der Waals surface area (Å²) in [4.78, 5) is 6.52. The molecule has 1 N–H and O–H groups in total. The van der Waals surface area contributed by atoms with E-state index in [1.54, 1.807) is 23.5 Å². The summed E-state index contributed by atoms with van der Waals surface area (Å²) < 4.78 is 13.9. The van der Waals surface area contributed by atoms with Crippen LogP contribution in [0.1, 0.15) is 26.5 Å². The number of benzene rings is 1. The van der Waals surface area contributed by atoms with Crippen LogP contribution < -0.4 is 10.2 Å². The third-order valence-electron chi connectivity index (χ3n) is 3.09. The minimum atomic E-state index is -0.214. The number of hydrogen-bond donors (Lipinski definition) is 1. The van der Waals surface area contributed by atoms with E-state index in [1.807, 2.05) is 23.3 Å². The van der Waals surface area contributed by atoms with E-state index in [0.717, 1.165) is 23.9 Å². The summed E-state index contributed by atoms with van der Waals surface area (Å²) in [5.74, 6) is 0.405. The molecule has 0 radical (unpaired) electrons. The molecule has 0 fully saturated rings. The molecule has 0 unspecified atom stereocenters. The monoisotopic (exact) mass is 307 g/mol. The van der Waals surface area contributed by atoms with Gasteiger partial charge in [-0.15, -0.1) is 11.3 Å². The second-order valence-electron chi connectivity index (χ2n) is 5.34. The van der Waals surface area contributed by atoms with Crippen molar-refractivity contribution < 1.29 is 4.39 Å². The van der Waals surface area contributed by atoms with Crippen molar-refractivity contribution in [2.45, 2.75) is 27.3 Å². The van der Waals surface area contributed by atoms with Crippen molar-refractivity contribution >= 4 is 22.2 Å². The predicted octanol–water partition coefficient (Wildman–Crippen LogP) is 4.19. The third-order valence-corrected chi connectivity index (χ3v) is 4.00. The van der Waals surface area contributed by atoms with Crippen LogP contribution in [0.5, 0.6) is 0 Å².